The number of phosphoric acid groups is 2. The molecule has 0 aliphatic rings. The van der Waals surface area contributed by atoms with Crippen molar-refractivity contribution in [2.45, 2.75) is 400 Å². The molecule has 0 rings (SSSR count). The Morgan fingerprint density at radius 3 is 0.739 bits per heavy atom. The lowest BCUT2D eigenvalue weighted by atomic mass is 10.0. The number of carbonyl (C=O) groups is 4. The van der Waals surface area contributed by atoms with E-state index in [2.05, 4.69) is 34.6 Å². The molecule has 0 aliphatic carbocycles. The highest BCUT2D eigenvalue weighted by atomic mass is 31.2. The molecule has 0 amide bonds. The highest BCUT2D eigenvalue weighted by molar-refractivity contribution is 7.47. The van der Waals surface area contributed by atoms with Gasteiger partial charge in [0.1, 0.15) is 19.3 Å². The summed E-state index contributed by atoms with van der Waals surface area (Å²) in [4.78, 5) is 72.6. The molecule has 19 heteroatoms. The molecule has 0 aromatic heterocycles. The van der Waals surface area contributed by atoms with Gasteiger partial charge in [-0.25, -0.2) is 9.13 Å². The number of ether oxygens (including phenoxy) is 4. The van der Waals surface area contributed by atoms with Crippen molar-refractivity contribution in [2.24, 2.45) is 5.92 Å². The van der Waals surface area contributed by atoms with Crippen LogP contribution in [0.4, 0.5) is 0 Å². The molecule has 2 unspecified atom stereocenters. The van der Waals surface area contributed by atoms with Gasteiger partial charge in [0, 0.05) is 25.7 Å². The SMILES string of the molecule is CCCCCCCCCCCCCCCCCCCCCCC(=O)O[C@H](COC(=O)CCCCCCCCCCC(C)C)COP(=O)(O)OC[C@@H](O)COP(=O)(O)OC[C@@H](COC(=O)CCCCCCCCCCCC)OC(=O)CCCCCCCCCCCCC. The fourth-order valence-electron chi connectivity index (χ4n) is 11.2. The smallest absolute Gasteiger partial charge is 0.462 e. The van der Waals surface area contributed by atoms with Crippen molar-refractivity contribution < 1.29 is 80.2 Å². The van der Waals surface area contributed by atoms with E-state index in [0.717, 1.165) is 95.8 Å². The van der Waals surface area contributed by atoms with Gasteiger partial charge in [-0.3, -0.25) is 37.3 Å². The summed E-state index contributed by atoms with van der Waals surface area (Å²) in [6, 6.07) is 0. The number of aliphatic hydroxyl groups excluding tert-OH is 1. The number of aliphatic hydroxyl groups is 1. The summed E-state index contributed by atoms with van der Waals surface area (Å²) < 4.78 is 68.3. The molecule has 17 nitrogen and oxygen atoms in total. The van der Waals surface area contributed by atoms with Gasteiger partial charge in [-0.05, 0) is 31.6 Å². The minimum atomic E-state index is -4.95. The van der Waals surface area contributed by atoms with Gasteiger partial charge in [0.2, 0.25) is 0 Å². The van der Waals surface area contributed by atoms with Gasteiger partial charge in [0.05, 0.1) is 26.4 Å². The van der Waals surface area contributed by atoms with Crippen molar-refractivity contribution in [3.8, 4) is 0 Å². The third kappa shape index (κ3) is 66.7. The molecule has 0 spiro atoms. The van der Waals surface area contributed by atoms with E-state index in [1.807, 2.05) is 0 Å². The average molecular weight is 1350 g/mol. The second-order valence-corrected chi connectivity index (χ2v) is 29.7. The Bertz CT molecular complexity index is 1770. The van der Waals surface area contributed by atoms with Crippen LogP contribution in [0.3, 0.4) is 0 Å². The molecule has 0 aliphatic heterocycles. The Hall–Kier alpha value is -1.94. The number of unbranched alkanes of at least 4 members (excludes halogenated alkanes) is 45. The molecular weight excluding hydrogens is 1210 g/mol. The van der Waals surface area contributed by atoms with Gasteiger partial charge < -0.3 is 33.8 Å². The van der Waals surface area contributed by atoms with Crippen molar-refractivity contribution in [1.82, 2.24) is 0 Å². The highest BCUT2D eigenvalue weighted by Crippen LogP contribution is 2.45. The van der Waals surface area contributed by atoms with Gasteiger partial charge in [-0.2, -0.15) is 0 Å². The molecule has 0 saturated carbocycles. The zero-order chi connectivity index (χ0) is 67.7. The first kappa shape index (κ1) is 90.1. The van der Waals surface area contributed by atoms with Gasteiger partial charge in [-0.15, -0.1) is 0 Å². The predicted molar refractivity (Wildman–Crippen MR) is 372 cm³/mol. The van der Waals surface area contributed by atoms with Gasteiger partial charge >= 0.3 is 39.5 Å². The Labute approximate surface area is 562 Å². The topological polar surface area (TPSA) is 237 Å². The van der Waals surface area contributed by atoms with E-state index >= 15 is 0 Å². The molecule has 5 atom stereocenters. The van der Waals surface area contributed by atoms with Crippen LogP contribution in [0.2, 0.25) is 0 Å². The lowest BCUT2D eigenvalue weighted by Crippen LogP contribution is -2.30. The molecule has 0 heterocycles. The van der Waals surface area contributed by atoms with Crippen molar-refractivity contribution in [1.29, 1.82) is 0 Å². The van der Waals surface area contributed by atoms with Crippen LogP contribution in [0.25, 0.3) is 0 Å². The standard InChI is InChI=1S/C73H142O17P2/c1-6-9-12-15-18-21-24-25-26-27-28-29-30-31-32-34-37-44-49-54-59-73(78)90-69(63-84-71(76)57-52-47-42-39-38-40-45-50-55-66(4)5)65-88-92(81,82)86-61-67(74)60-85-91(79,80)87-64-68(62-83-70(75)56-51-46-41-35-23-20-17-14-11-8-3)89-72(77)58-53-48-43-36-33-22-19-16-13-10-7-2/h66-69,74H,6-65H2,1-5H3,(H,79,80)(H,81,82)/t67-,68+,69+/m0/s1. The molecule has 0 bridgehead atoms. The molecule has 92 heavy (non-hydrogen) atoms. The molecule has 0 fully saturated rings. The molecule has 546 valence electrons. The van der Waals surface area contributed by atoms with Crippen LogP contribution >= 0.6 is 15.6 Å². The molecule has 0 aromatic carbocycles. The van der Waals surface area contributed by atoms with Crippen molar-refractivity contribution in [3.63, 3.8) is 0 Å². The fourth-order valence-corrected chi connectivity index (χ4v) is 12.8. The number of rotatable bonds is 73. The van der Waals surface area contributed by atoms with Crippen LogP contribution in [0.15, 0.2) is 0 Å². The highest BCUT2D eigenvalue weighted by Gasteiger charge is 2.30. The first-order valence-electron chi connectivity index (χ1n) is 38.1. The second-order valence-electron chi connectivity index (χ2n) is 26.8. The van der Waals surface area contributed by atoms with Crippen molar-refractivity contribution >= 4 is 39.5 Å². The number of esters is 4. The molecule has 3 N–H and O–H groups in total. The Balaban J connectivity index is 5.18. The monoisotopic (exact) mass is 1350 g/mol. The van der Waals surface area contributed by atoms with Crippen LogP contribution in [-0.4, -0.2) is 96.7 Å². The summed E-state index contributed by atoms with van der Waals surface area (Å²) in [6.45, 7) is 7.22. The third-order valence-corrected chi connectivity index (χ3v) is 18.9. The summed E-state index contributed by atoms with van der Waals surface area (Å²) in [5.74, 6) is -1.39. The number of phosphoric ester groups is 2. The summed E-state index contributed by atoms with van der Waals surface area (Å²) >= 11 is 0. The van der Waals surface area contributed by atoms with Crippen molar-refractivity contribution in [2.75, 3.05) is 39.6 Å². The molecular formula is C73H142O17P2. The minimum Gasteiger partial charge on any atom is -0.462 e. The maximum absolute atomic E-state index is 13.0. The lowest BCUT2D eigenvalue weighted by molar-refractivity contribution is -0.161. The summed E-state index contributed by atoms with van der Waals surface area (Å²) in [6.07, 6.45) is 54.2. The van der Waals surface area contributed by atoms with Gasteiger partial charge in [0.25, 0.3) is 0 Å². The zero-order valence-corrected chi connectivity index (χ0v) is 61.5. The quantitative estimate of drug-likeness (QED) is 0.0222. The van der Waals surface area contributed by atoms with Crippen LogP contribution in [-0.2, 0) is 65.4 Å². The second kappa shape index (κ2) is 66.3. The van der Waals surface area contributed by atoms with E-state index in [4.69, 9.17) is 37.0 Å². The average Bonchev–Trinajstić information content (AvgIpc) is 2.87. The summed E-state index contributed by atoms with van der Waals surface area (Å²) in [7, 11) is -9.90. The molecule has 0 radical (unpaired) electrons. The van der Waals surface area contributed by atoms with Crippen LogP contribution in [0.5, 0.6) is 0 Å². The van der Waals surface area contributed by atoms with E-state index in [0.29, 0.717) is 25.7 Å². The summed E-state index contributed by atoms with van der Waals surface area (Å²) in [5, 5.41) is 10.6. The minimum absolute atomic E-state index is 0.107. The first-order chi connectivity index (χ1) is 44.5. The fraction of sp³-hybridized carbons (Fsp3) is 0.945. The lowest BCUT2D eigenvalue weighted by Gasteiger charge is -2.21. The van der Waals surface area contributed by atoms with Crippen LogP contribution in [0.1, 0.15) is 381 Å². The predicted octanol–water partition coefficient (Wildman–Crippen LogP) is 21.3. The Morgan fingerprint density at radius 2 is 0.500 bits per heavy atom. The Kier molecular flexibility index (Phi) is 64.9. The van der Waals surface area contributed by atoms with Gasteiger partial charge in [-0.1, -0.05) is 330 Å². The van der Waals surface area contributed by atoms with Gasteiger partial charge in [0.15, 0.2) is 12.2 Å². The van der Waals surface area contributed by atoms with E-state index in [-0.39, 0.29) is 25.7 Å². The maximum atomic E-state index is 13.0. The number of hydrogen-bond donors (Lipinski definition) is 3. The van der Waals surface area contributed by atoms with E-state index < -0.39 is 97.5 Å². The zero-order valence-electron chi connectivity index (χ0n) is 59.7. The molecule has 0 saturated heterocycles. The first-order valence-corrected chi connectivity index (χ1v) is 41.1. The number of carbonyl (C=O) groups excluding carboxylic acids is 4. The van der Waals surface area contributed by atoms with Crippen molar-refractivity contribution in [3.05, 3.63) is 0 Å². The van der Waals surface area contributed by atoms with Crippen LogP contribution in [0, 0.1) is 5.92 Å². The van der Waals surface area contributed by atoms with Crippen LogP contribution < -0.4 is 0 Å². The number of hydrogen-bond acceptors (Lipinski definition) is 15. The summed E-state index contributed by atoms with van der Waals surface area (Å²) in [5.41, 5.74) is 0. The normalized spacial score (nSPS) is 14.0. The largest absolute Gasteiger partial charge is 0.472 e. The van der Waals surface area contributed by atoms with E-state index in [1.165, 1.54) is 205 Å². The maximum Gasteiger partial charge on any atom is 0.472 e. The molecule has 0 aromatic rings. The Morgan fingerprint density at radius 1 is 0.293 bits per heavy atom. The van der Waals surface area contributed by atoms with E-state index in [1.54, 1.807) is 0 Å². The third-order valence-electron chi connectivity index (χ3n) is 17.0. The van der Waals surface area contributed by atoms with E-state index in [9.17, 15) is 43.2 Å².